The normalized spacial score (nSPS) is 12.9. The summed E-state index contributed by atoms with van der Waals surface area (Å²) in [6.45, 7) is 6.87. The summed E-state index contributed by atoms with van der Waals surface area (Å²) >= 11 is 0. The van der Waals surface area contributed by atoms with Crippen molar-refractivity contribution < 1.29 is 0 Å². The summed E-state index contributed by atoms with van der Waals surface area (Å²) in [7, 11) is 2.22. The lowest BCUT2D eigenvalue weighted by molar-refractivity contribution is 1.22. The second-order valence-electron chi connectivity index (χ2n) is 11.6. The molecule has 0 bridgehead atoms. The number of nitrogens with zero attached hydrogens (tertiary/aromatic N) is 1. The third-order valence-electron chi connectivity index (χ3n) is 9.14. The van der Waals surface area contributed by atoms with Gasteiger partial charge in [-0.05, 0) is 98.4 Å². The molecule has 0 radical (unpaired) electrons. The van der Waals surface area contributed by atoms with Gasteiger partial charge in [0, 0.05) is 18.4 Å². The van der Waals surface area contributed by atoms with Crippen molar-refractivity contribution in [2.24, 2.45) is 0 Å². The molecule has 1 heterocycles. The van der Waals surface area contributed by atoms with Gasteiger partial charge in [0.2, 0.25) is 6.71 Å². The highest BCUT2D eigenvalue weighted by Gasteiger charge is 2.35. The highest BCUT2D eigenvalue weighted by molar-refractivity contribution is 6.99. The van der Waals surface area contributed by atoms with Gasteiger partial charge >= 0.3 is 0 Å². The average Bonchev–Trinajstić information content (AvgIpc) is 2.96. The number of hydrogen-bond acceptors (Lipinski definition) is 1. The van der Waals surface area contributed by atoms with Crippen LogP contribution in [-0.4, -0.2) is 13.8 Å². The zero-order valence-electron chi connectivity index (χ0n) is 23.4. The van der Waals surface area contributed by atoms with E-state index < -0.39 is 0 Å². The minimum absolute atomic E-state index is 0.175. The molecule has 40 heavy (non-hydrogen) atoms. The summed E-state index contributed by atoms with van der Waals surface area (Å²) in [6.07, 6.45) is 0. The number of anilines is 2. The largest absolute Gasteiger partial charge is 0.345 e. The fourth-order valence-corrected chi connectivity index (χ4v) is 7.60. The van der Waals surface area contributed by atoms with Crippen LogP contribution >= 0.6 is 0 Å². The number of para-hydroxylation sites is 1. The fraction of sp³-hybridized carbons (Fsp3) is 0.105. The van der Waals surface area contributed by atoms with Crippen LogP contribution in [-0.2, 0) is 0 Å². The molecule has 0 fully saturated rings. The summed E-state index contributed by atoms with van der Waals surface area (Å²) in [5, 5.41) is 8.07. The van der Waals surface area contributed by atoms with E-state index in [0.717, 1.165) is 0 Å². The Morgan fingerprint density at radius 3 is 2.02 bits per heavy atom. The Balaban J connectivity index is 1.50. The summed E-state index contributed by atoms with van der Waals surface area (Å²) < 4.78 is 0. The van der Waals surface area contributed by atoms with Gasteiger partial charge in [-0.1, -0.05) is 108 Å². The van der Waals surface area contributed by atoms with E-state index in [9.17, 15) is 0 Å². The van der Waals surface area contributed by atoms with Crippen LogP contribution in [0.15, 0.2) is 109 Å². The van der Waals surface area contributed by atoms with Crippen LogP contribution in [0.4, 0.5) is 11.4 Å². The summed E-state index contributed by atoms with van der Waals surface area (Å²) in [5.41, 5.74) is 13.4. The van der Waals surface area contributed by atoms with Crippen LogP contribution in [0.5, 0.6) is 0 Å². The van der Waals surface area contributed by atoms with Crippen LogP contribution in [0.1, 0.15) is 16.7 Å². The summed E-state index contributed by atoms with van der Waals surface area (Å²) in [5.74, 6) is 0. The van der Waals surface area contributed by atoms with Gasteiger partial charge < -0.3 is 4.90 Å². The van der Waals surface area contributed by atoms with Gasteiger partial charge in [-0.2, -0.15) is 0 Å². The predicted octanol–water partition coefficient (Wildman–Crippen LogP) is 7.77. The maximum absolute atomic E-state index is 2.43. The molecular formula is C38H30BN. The van der Waals surface area contributed by atoms with E-state index in [1.165, 1.54) is 87.9 Å². The molecule has 0 N–H and O–H groups in total. The predicted molar refractivity (Wildman–Crippen MR) is 175 cm³/mol. The van der Waals surface area contributed by atoms with Gasteiger partial charge in [-0.3, -0.25) is 0 Å². The second kappa shape index (κ2) is 8.47. The molecule has 0 aliphatic carbocycles. The summed E-state index contributed by atoms with van der Waals surface area (Å²) in [6, 6.07) is 41.1. The van der Waals surface area contributed by atoms with Gasteiger partial charge in [-0.25, -0.2) is 0 Å². The van der Waals surface area contributed by atoms with Gasteiger partial charge in [0.15, 0.2) is 0 Å². The molecule has 1 aliphatic heterocycles. The lowest BCUT2D eigenvalue weighted by Crippen LogP contribution is -2.57. The van der Waals surface area contributed by atoms with Crippen molar-refractivity contribution in [2.45, 2.75) is 20.8 Å². The quantitative estimate of drug-likeness (QED) is 0.169. The molecule has 1 nitrogen and oxygen atoms in total. The van der Waals surface area contributed by atoms with Crippen LogP contribution in [0.2, 0.25) is 0 Å². The Morgan fingerprint density at radius 2 is 1.23 bits per heavy atom. The number of benzene rings is 7. The topological polar surface area (TPSA) is 3.24 Å². The maximum Gasteiger partial charge on any atom is 0.247 e. The van der Waals surface area contributed by atoms with Gasteiger partial charge in [0.05, 0.1) is 0 Å². The van der Waals surface area contributed by atoms with Crippen molar-refractivity contribution in [3.63, 3.8) is 0 Å². The number of hydrogen-bond donors (Lipinski definition) is 0. The molecule has 0 saturated carbocycles. The van der Waals surface area contributed by atoms with Crippen molar-refractivity contribution in [2.75, 3.05) is 11.9 Å². The molecule has 8 rings (SSSR count). The van der Waals surface area contributed by atoms with Gasteiger partial charge in [0.25, 0.3) is 0 Å². The van der Waals surface area contributed by atoms with Crippen molar-refractivity contribution in [1.82, 2.24) is 0 Å². The maximum atomic E-state index is 2.43. The zero-order valence-corrected chi connectivity index (χ0v) is 23.4. The van der Waals surface area contributed by atoms with Crippen molar-refractivity contribution in [3.8, 4) is 11.1 Å². The molecule has 0 spiro atoms. The van der Waals surface area contributed by atoms with Gasteiger partial charge in [0.1, 0.15) is 0 Å². The molecule has 7 aromatic rings. The smallest absolute Gasteiger partial charge is 0.247 e. The molecule has 7 aromatic carbocycles. The SMILES string of the molecule is Cc1cc(C)c(-c2ccc3ccc4c5c(cc6ccc2c3c64)N(C)c2ccccc2B5c2ccccc2)c(C)c1. The number of aryl methyl sites for hydroxylation is 3. The molecule has 1 aliphatic rings. The van der Waals surface area contributed by atoms with Crippen LogP contribution in [0.25, 0.3) is 43.4 Å². The Bertz CT molecular complexity index is 2080. The average molecular weight is 511 g/mol. The van der Waals surface area contributed by atoms with Crippen LogP contribution in [0, 0.1) is 20.8 Å². The standard InChI is InChI=1S/C38H30BN/c1-23-20-24(2)35(25(3)21-23)29-17-14-26-15-19-31-37-27(16-18-30(29)36(26)37)22-34-38(31)39(28-10-6-5-7-11-28)32-12-8-9-13-33(32)40(34)4/h5-22H,1-4H3. The Kier molecular flexibility index (Phi) is 4.94. The first-order chi connectivity index (χ1) is 19.5. The minimum Gasteiger partial charge on any atom is -0.345 e. The van der Waals surface area contributed by atoms with E-state index in [2.05, 4.69) is 142 Å². The lowest BCUT2D eigenvalue weighted by atomic mass is 9.34. The van der Waals surface area contributed by atoms with Crippen LogP contribution in [0.3, 0.4) is 0 Å². The Hall–Kier alpha value is -4.56. The molecule has 0 aromatic heterocycles. The van der Waals surface area contributed by atoms with Crippen LogP contribution < -0.4 is 21.3 Å². The first-order valence-electron chi connectivity index (χ1n) is 14.2. The molecule has 0 atom stereocenters. The second-order valence-corrected chi connectivity index (χ2v) is 11.6. The highest BCUT2D eigenvalue weighted by Crippen LogP contribution is 2.43. The molecule has 2 heteroatoms. The van der Waals surface area contributed by atoms with E-state index in [0.29, 0.717) is 0 Å². The molecule has 0 saturated heterocycles. The first-order valence-corrected chi connectivity index (χ1v) is 14.2. The Labute approximate surface area is 236 Å². The van der Waals surface area contributed by atoms with E-state index in [-0.39, 0.29) is 6.71 Å². The fourth-order valence-electron chi connectivity index (χ4n) is 7.60. The van der Waals surface area contributed by atoms with E-state index >= 15 is 0 Å². The third-order valence-corrected chi connectivity index (χ3v) is 9.14. The zero-order chi connectivity index (χ0) is 27.1. The van der Waals surface area contributed by atoms with Crippen molar-refractivity contribution in [3.05, 3.63) is 126 Å². The monoisotopic (exact) mass is 511 g/mol. The molecule has 0 amide bonds. The number of rotatable bonds is 2. The molecule has 190 valence electrons. The summed E-state index contributed by atoms with van der Waals surface area (Å²) in [4.78, 5) is 2.39. The minimum atomic E-state index is 0.175. The van der Waals surface area contributed by atoms with E-state index in [1.54, 1.807) is 0 Å². The van der Waals surface area contributed by atoms with E-state index in [4.69, 9.17) is 0 Å². The third kappa shape index (κ3) is 3.17. The first kappa shape index (κ1) is 23.3. The van der Waals surface area contributed by atoms with Gasteiger partial charge in [-0.15, -0.1) is 0 Å². The highest BCUT2D eigenvalue weighted by atomic mass is 15.1. The molecule has 0 unspecified atom stereocenters. The lowest BCUT2D eigenvalue weighted by Gasteiger charge is -2.36. The van der Waals surface area contributed by atoms with Crippen molar-refractivity contribution >= 4 is 66.8 Å². The van der Waals surface area contributed by atoms with E-state index in [1.807, 2.05) is 0 Å². The molecular weight excluding hydrogens is 481 g/mol. The Morgan fingerprint density at radius 1 is 0.575 bits per heavy atom. The number of fused-ring (bicyclic) bond motifs is 3. The van der Waals surface area contributed by atoms with Crippen molar-refractivity contribution in [1.29, 1.82) is 0 Å².